The van der Waals surface area contributed by atoms with Gasteiger partial charge in [-0.25, -0.2) is 14.4 Å². The molecule has 1 N–H and O–H groups in total. The summed E-state index contributed by atoms with van der Waals surface area (Å²) in [5.74, 6) is -3.01. The molecule has 1 aromatic heterocycles. The zero-order valence-corrected chi connectivity index (χ0v) is 12.6. The maximum Gasteiger partial charge on any atom is 0.201 e. The Morgan fingerprint density at radius 1 is 0.955 bits per heavy atom. The van der Waals surface area contributed by atoms with Crippen molar-refractivity contribution in [2.45, 2.75) is 45.4 Å². The second kappa shape index (κ2) is 7.82. The Bertz CT molecular complexity index is 615. The predicted molar refractivity (Wildman–Crippen MR) is 81.5 cm³/mol. The summed E-state index contributed by atoms with van der Waals surface area (Å²) in [4.78, 5) is 8.19. The Labute approximate surface area is 129 Å². The number of hydrogen-bond acceptors (Lipinski definition) is 3. The number of aryl methyl sites for hydroxylation is 1. The van der Waals surface area contributed by atoms with Crippen LogP contribution in [0.3, 0.4) is 0 Å². The first-order valence-electron chi connectivity index (χ1n) is 7.61. The van der Waals surface area contributed by atoms with Gasteiger partial charge in [0, 0.05) is 12.4 Å². The summed E-state index contributed by atoms with van der Waals surface area (Å²) in [6.45, 7) is 2.18. The molecule has 22 heavy (non-hydrogen) atoms. The van der Waals surface area contributed by atoms with Crippen LogP contribution in [0.4, 0.5) is 8.78 Å². The van der Waals surface area contributed by atoms with E-state index < -0.39 is 17.4 Å². The second-order valence-corrected chi connectivity index (χ2v) is 5.34. The van der Waals surface area contributed by atoms with Crippen molar-refractivity contribution in [1.82, 2.24) is 9.97 Å². The van der Waals surface area contributed by atoms with Gasteiger partial charge in [-0.3, -0.25) is 0 Å². The fourth-order valence-electron chi connectivity index (χ4n) is 2.27. The molecule has 0 atom stereocenters. The minimum Gasteiger partial charge on any atom is -0.505 e. The van der Waals surface area contributed by atoms with Crippen LogP contribution in [0.5, 0.6) is 5.75 Å². The van der Waals surface area contributed by atoms with Crippen LogP contribution in [-0.4, -0.2) is 15.1 Å². The Kier molecular flexibility index (Phi) is 5.81. The monoisotopic (exact) mass is 306 g/mol. The number of nitrogens with zero attached hydrogens (tertiary/aromatic N) is 2. The van der Waals surface area contributed by atoms with Crippen molar-refractivity contribution in [1.29, 1.82) is 0 Å². The third-order valence-electron chi connectivity index (χ3n) is 3.58. The molecule has 0 aliphatic rings. The number of aromatic nitrogens is 2. The Morgan fingerprint density at radius 3 is 2.32 bits per heavy atom. The molecule has 0 saturated heterocycles. The molecule has 0 spiro atoms. The summed E-state index contributed by atoms with van der Waals surface area (Å²) < 4.78 is 27.1. The number of hydrogen-bond donors (Lipinski definition) is 1. The normalized spacial score (nSPS) is 10.9. The SMILES string of the molecule is CCCCCCCc1cnc(-c2ccc(O)c(F)c2F)nc1. The Balaban J connectivity index is 2.02. The van der Waals surface area contributed by atoms with Crippen LogP contribution in [0.15, 0.2) is 24.5 Å². The first kappa shape index (κ1) is 16.3. The van der Waals surface area contributed by atoms with Gasteiger partial charge in [-0.2, -0.15) is 4.39 Å². The predicted octanol–water partition coefficient (Wildman–Crippen LogP) is 4.64. The fourth-order valence-corrected chi connectivity index (χ4v) is 2.27. The summed E-state index contributed by atoms with van der Waals surface area (Å²) in [6, 6.07) is 2.37. The lowest BCUT2D eigenvalue weighted by Crippen LogP contribution is -1.97. The molecule has 0 amide bonds. The van der Waals surface area contributed by atoms with Gasteiger partial charge in [0.2, 0.25) is 5.82 Å². The first-order valence-corrected chi connectivity index (χ1v) is 7.61. The molecule has 0 unspecified atom stereocenters. The molecule has 0 radical (unpaired) electrons. The minimum atomic E-state index is -1.28. The number of rotatable bonds is 7. The van der Waals surface area contributed by atoms with E-state index >= 15 is 0 Å². The molecule has 0 saturated carbocycles. The molecule has 0 bridgehead atoms. The lowest BCUT2D eigenvalue weighted by atomic mass is 10.1. The van der Waals surface area contributed by atoms with Crippen LogP contribution in [0.2, 0.25) is 0 Å². The van der Waals surface area contributed by atoms with Gasteiger partial charge in [0.25, 0.3) is 0 Å². The molecule has 0 aliphatic heterocycles. The van der Waals surface area contributed by atoms with E-state index in [1.165, 1.54) is 31.7 Å². The smallest absolute Gasteiger partial charge is 0.201 e. The van der Waals surface area contributed by atoms with Gasteiger partial charge in [-0.1, -0.05) is 32.6 Å². The average molecular weight is 306 g/mol. The van der Waals surface area contributed by atoms with Crippen molar-refractivity contribution < 1.29 is 13.9 Å². The van der Waals surface area contributed by atoms with E-state index in [1.807, 2.05) is 0 Å². The van der Waals surface area contributed by atoms with Crippen LogP contribution < -0.4 is 0 Å². The summed E-state index contributed by atoms with van der Waals surface area (Å²) in [5, 5.41) is 9.12. The number of benzene rings is 1. The number of unbranched alkanes of at least 4 members (excludes halogenated alkanes) is 4. The van der Waals surface area contributed by atoms with Gasteiger partial charge < -0.3 is 5.11 Å². The first-order chi connectivity index (χ1) is 10.6. The molecule has 1 heterocycles. The molecule has 5 heteroatoms. The topological polar surface area (TPSA) is 46.0 Å². The van der Waals surface area contributed by atoms with Crippen LogP contribution >= 0.6 is 0 Å². The Hall–Kier alpha value is -2.04. The molecule has 2 rings (SSSR count). The zero-order chi connectivity index (χ0) is 15.9. The lowest BCUT2D eigenvalue weighted by Gasteiger charge is -2.05. The Morgan fingerprint density at radius 2 is 1.64 bits per heavy atom. The average Bonchev–Trinajstić information content (AvgIpc) is 2.53. The largest absolute Gasteiger partial charge is 0.505 e. The lowest BCUT2D eigenvalue weighted by molar-refractivity contribution is 0.408. The van der Waals surface area contributed by atoms with Crippen molar-refractivity contribution in [2.75, 3.05) is 0 Å². The van der Waals surface area contributed by atoms with Crippen molar-refractivity contribution in [2.24, 2.45) is 0 Å². The minimum absolute atomic E-state index is 0.0511. The second-order valence-electron chi connectivity index (χ2n) is 5.34. The van der Waals surface area contributed by atoms with Crippen molar-refractivity contribution >= 4 is 0 Å². The molecule has 0 fully saturated rings. The van der Waals surface area contributed by atoms with Gasteiger partial charge in [0.05, 0.1) is 5.56 Å². The molecule has 2 aromatic rings. The standard InChI is InChI=1S/C17H20F2N2O/c1-2-3-4-5-6-7-12-10-20-17(21-11-12)13-8-9-14(22)16(19)15(13)18/h8-11,22H,2-7H2,1H3. The van der Waals surface area contributed by atoms with E-state index in [2.05, 4.69) is 16.9 Å². The van der Waals surface area contributed by atoms with Crippen LogP contribution in [0, 0.1) is 11.6 Å². The molecule has 3 nitrogen and oxygen atoms in total. The summed E-state index contributed by atoms with van der Waals surface area (Å²) in [7, 11) is 0. The van der Waals surface area contributed by atoms with Crippen molar-refractivity contribution in [3.8, 4) is 17.1 Å². The quantitative estimate of drug-likeness (QED) is 0.758. The van der Waals surface area contributed by atoms with Gasteiger partial charge in [0.15, 0.2) is 17.4 Å². The molecule has 1 aromatic carbocycles. The van der Waals surface area contributed by atoms with Crippen molar-refractivity contribution in [3.63, 3.8) is 0 Å². The van der Waals surface area contributed by atoms with E-state index in [1.54, 1.807) is 12.4 Å². The summed E-state index contributed by atoms with van der Waals surface area (Å²) >= 11 is 0. The fraction of sp³-hybridized carbons (Fsp3) is 0.412. The van der Waals surface area contributed by atoms with Gasteiger partial charge in [-0.15, -0.1) is 0 Å². The highest BCUT2D eigenvalue weighted by Gasteiger charge is 2.15. The van der Waals surface area contributed by atoms with E-state index in [0.717, 1.165) is 24.5 Å². The van der Waals surface area contributed by atoms with Gasteiger partial charge in [-0.05, 0) is 30.5 Å². The molecular formula is C17H20F2N2O. The maximum atomic E-state index is 13.8. The van der Waals surface area contributed by atoms with Gasteiger partial charge >= 0.3 is 0 Å². The van der Waals surface area contributed by atoms with Crippen LogP contribution in [-0.2, 0) is 6.42 Å². The van der Waals surface area contributed by atoms with Crippen molar-refractivity contribution in [3.05, 3.63) is 41.7 Å². The van der Waals surface area contributed by atoms with Gasteiger partial charge in [0.1, 0.15) is 0 Å². The van der Waals surface area contributed by atoms with E-state index in [0.29, 0.717) is 0 Å². The van der Waals surface area contributed by atoms with E-state index in [4.69, 9.17) is 5.11 Å². The third kappa shape index (κ3) is 4.00. The highest BCUT2D eigenvalue weighted by atomic mass is 19.2. The molecule has 0 aliphatic carbocycles. The third-order valence-corrected chi connectivity index (χ3v) is 3.58. The summed E-state index contributed by atoms with van der Waals surface area (Å²) in [6.07, 6.45) is 10.1. The number of phenols is 1. The van der Waals surface area contributed by atoms with Crippen LogP contribution in [0.1, 0.15) is 44.6 Å². The highest BCUT2D eigenvalue weighted by Crippen LogP contribution is 2.26. The van der Waals surface area contributed by atoms with E-state index in [-0.39, 0.29) is 11.4 Å². The van der Waals surface area contributed by atoms with Crippen LogP contribution in [0.25, 0.3) is 11.4 Å². The van der Waals surface area contributed by atoms with E-state index in [9.17, 15) is 8.78 Å². The number of aromatic hydroxyl groups is 1. The molecule has 118 valence electrons. The number of phenolic OH excluding ortho intramolecular Hbond substituents is 1. The zero-order valence-electron chi connectivity index (χ0n) is 12.6. The number of halogens is 2. The molecular weight excluding hydrogens is 286 g/mol. The maximum absolute atomic E-state index is 13.8. The highest BCUT2D eigenvalue weighted by molar-refractivity contribution is 5.57. The summed E-state index contributed by atoms with van der Waals surface area (Å²) in [5.41, 5.74) is 0.935.